The average molecular weight is 256 g/mol. The largest absolute Gasteiger partial charge is 0.291 e. The molecule has 2 heterocycles. The predicted molar refractivity (Wildman–Crippen MR) is 70.6 cm³/mol. The van der Waals surface area contributed by atoms with Crippen molar-refractivity contribution in [3.63, 3.8) is 0 Å². The highest BCUT2D eigenvalue weighted by atomic mass is 32.1. The number of carbonyl (C=O) groups excluding carboxylic acids is 1. The highest BCUT2D eigenvalue weighted by Gasteiger charge is 2.23. The third-order valence-corrected chi connectivity index (χ3v) is 3.91. The first-order valence-corrected chi connectivity index (χ1v) is 6.50. The summed E-state index contributed by atoms with van der Waals surface area (Å²) in [6, 6.07) is 9.29. The van der Waals surface area contributed by atoms with E-state index < -0.39 is 5.92 Å². The number of aromatic nitrogens is 1. The fourth-order valence-electron chi connectivity index (χ4n) is 1.67. The molecule has 0 aromatic carbocycles. The van der Waals surface area contributed by atoms with Gasteiger partial charge in [-0.1, -0.05) is 13.0 Å². The molecule has 0 bridgehead atoms. The smallest absolute Gasteiger partial charge is 0.194 e. The number of ketones is 1. The van der Waals surface area contributed by atoms with Gasteiger partial charge in [-0.25, -0.2) is 0 Å². The highest BCUT2D eigenvalue weighted by Crippen LogP contribution is 2.25. The molecule has 0 aliphatic heterocycles. The Morgan fingerprint density at radius 1 is 1.50 bits per heavy atom. The van der Waals surface area contributed by atoms with Crippen LogP contribution < -0.4 is 0 Å². The normalized spacial score (nSPS) is 11.8. The van der Waals surface area contributed by atoms with Crippen molar-refractivity contribution in [2.45, 2.75) is 19.3 Å². The van der Waals surface area contributed by atoms with Crippen LogP contribution in [0.1, 0.15) is 33.0 Å². The van der Waals surface area contributed by atoms with Gasteiger partial charge in [-0.05, 0) is 30.2 Å². The lowest BCUT2D eigenvalue weighted by molar-refractivity contribution is 0.0982. The van der Waals surface area contributed by atoms with Crippen LogP contribution in [0.3, 0.4) is 0 Å². The molecule has 0 radical (unpaired) electrons. The van der Waals surface area contributed by atoms with Crippen molar-refractivity contribution in [1.29, 1.82) is 5.26 Å². The topological polar surface area (TPSA) is 53.8 Å². The van der Waals surface area contributed by atoms with E-state index >= 15 is 0 Å². The Labute approximate surface area is 110 Å². The minimum absolute atomic E-state index is 0.143. The van der Waals surface area contributed by atoms with Gasteiger partial charge < -0.3 is 0 Å². The summed E-state index contributed by atoms with van der Waals surface area (Å²) in [5.74, 6) is -0.905. The maximum atomic E-state index is 12.3. The first kappa shape index (κ1) is 12.5. The molecule has 0 aliphatic rings. The molecule has 0 fully saturated rings. The Kier molecular flexibility index (Phi) is 3.85. The van der Waals surface area contributed by atoms with E-state index in [2.05, 4.69) is 11.1 Å². The molecule has 3 nitrogen and oxygen atoms in total. The predicted octanol–water partition coefficient (Wildman–Crippen LogP) is 3.20. The zero-order valence-corrected chi connectivity index (χ0v) is 10.8. The summed E-state index contributed by atoms with van der Waals surface area (Å²) in [6.45, 7) is 2.04. The van der Waals surface area contributed by atoms with E-state index in [1.807, 2.05) is 13.0 Å². The molecular formula is C14H12N2OS. The number of nitriles is 1. The van der Waals surface area contributed by atoms with Crippen LogP contribution in [0, 0.1) is 11.3 Å². The van der Waals surface area contributed by atoms with Crippen LogP contribution in [0.15, 0.2) is 36.7 Å². The van der Waals surface area contributed by atoms with Gasteiger partial charge in [0.25, 0.3) is 0 Å². The number of Topliss-reactive ketones (excluding diaryl/α,β-unsaturated/α-hetero) is 1. The first-order chi connectivity index (χ1) is 8.76. The van der Waals surface area contributed by atoms with Crippen LogP contribution in [-0.4, -0.2) is 10.8 Å². The van der Waals surface area contributed by atoms with Gasteiger partial charge in [0.15, 0.2) is 5.78 Å². The molecule has 2 aromatic rings. The van der Waals surface area contributed by atoms with Crippen LogP contribution in [0.5, 0.6) is 0 Å². The number of aryl methyl sites for hydroxylation is 1. The van der Waals surface area contributed by atoms with Crippen molar-refractivity contribution < 1.29 is 4.79 Å². The second kappa shape index (κ2) is 5.56. The Bertz CT molecular complexity index is 583. The van der Waals surface area contributed by atoms with Gasteiger partial charge in [-0.15, -0.1) is 11.3 Å². The number of carbonyl (C=O) groups is 1. The number of hydrogen-bond donors (Lipinski definition) is 0. The zero-order chi connectivity index (χ0) is 13.0. The Hall–Kier alpha value is -1.99. The summed E-state index contributed by atoms with van der Waals surface area (Å²) in [7, 11) is 0. The van der Waals surface area contributed by atoms with Crippen LogP contribution in [0.2, 0.25) is 0 Å². The number of hydrogen-bond acceptors (Lipinski definition) is 4. The molecule has 0 aliphatic carbocycles. The van der Waals surface area contributed by atoms with Crippen molar-refractivity contribution in [3.05, 3.63) is 52.0 Å². The third kappa shape index (κ3) is 2.47. The molecule has 1 unspecified atom stereocenters. The van der Waals surface area contributed by atoms with Crippen molar-refractivity contribution in [3.8, 4) is 6.07 Å². The van der Waals surface area contributed by atoms with E-state index in [-0.39, 0.29) is 5.78 Å². The van der Waals surface area contributed by atoms with Crippen LogP contribution in [-0.2, 0) is 6.42 Å². The van der Waals surface area contributed by atoms with Crippen molar-refractivity contribution in [2.75, 3.05) is 0 Å². The molecule has 0 saturated carbocycles. The molecule has 1 atom stereocenters. The molecule has 90 valence electrons. The minimum atomic E-state index is -0.762. The summed E-state index contributed by atoms with van der Waals surface area (Å²) >= 11 is 1.46. The fourth-order valence-corrected chi connectivity index (χ4v) is 2.59. The minimum Gasteiger partial charge on any atom is -0.291 e. The van der Waals surface area contributed by atoms with E-state index in [1.54, 1.807) is 30.6 Å². The standard InChI is InChI=1S/C14H12N2OS/c1-2-11-5-6-13(18-11)14(17)12(8-15)10-4-3-7-16-9-10/h3-7,9,12H,2H2,1H3. The summed E-state index contributed by atoms with van der Waals surface area (Å²) < 4.78 is 0. The molecular weight excluding hydrogens is 244 g/mol. The van der Waals surface area contributed by atoms with Gasteiger partial charge >= 0.3 is 0 Å². The van der Waals surface area contributed by atoms with Gasteiger partial charge in [-0.3, -0.25) is 9.78 Å². The van der Waals surface area contributed by atoms with Crippen LogP contribution in [0.25, 0.3) is 0 Å². The maximum Gasteiger partial charge on any atom is 0.194 e. The third-order valence-electron chi connectivity index (χ3n) is 2.66. The van der Waals surface area contributed by atoms with E-state index in [0.717, 1.165) is 11.3 Å². The number of rotatable bonds is 4. The molecule has 0 N–H and O–H groups in total. The molecule has 4 heteroatoms. The Morgan fingerprint density at radius 3 is 2.89 bits per heavy atom. The molecule has 2 rings (SSSR count). The van der Waals surface area contributed by atoms with Crippen LogP contribution in [0.4, 0.5) is 0 Å². The average Bonchev–Trinajstić information content (AvgIpc) is 2.89. The lowest BCUT2D eigenvalue weighted by Crippen LogP contribution is -2.09. The zero-order valence-electron chi connectivity index (χ0n) is 9.96. The summed E-state index contributed by atoms with van der Waals surface area (Å²) in [4.78, 5) is 18.0. The molecule has 0 spiro atoms. The number of thiophene rings is 1. The lowest BCUT2D eigenvalue weighted by Gasteiger charge is -2.05. The molecule has 0 amide bonds. The van der Waals surface area contributed by atoms with Gasteiger partial charge in [0.2, 0.25) is 0 Å². The van der Waals surface area contributed by atoms with E-state index in [4.69, 9.17) is 0 Å². The molecule has 0 saturated heterocycles. The lowest BCUT2D eigenvalue weighted by atomic mass is 9.97. The summed E-state index contributed by atoms with van der Waals surface area (Å²) in [5.41, 5.74) is 0.649. The van der Waals surface area contributed by atoms with E-state index in [0.29, 0.717) is 10.4 Å². The van der Waals surface area contributed by atoms with Crippen molar-refractivity contribution in [2.24, 2.45) is 0 Å². The van der Waals surface area contributed by atoms with E-state index in [9.17, 15) is 10.1 Å². The maximum absolute atomic E-state index is 12.3. The first-order valence-electron chi connectivity index (χ1n) is 5.68. The summed E-state index contributed by atoms with van der Waals surface area (Å²) in [6.07, 6.45) is 4.10. The van der Waals surface area contributed by atoms with Gasteiger partial charge in [-0.2, -0.15) is 5.26 Å². The van der Waals surface area contributed by atoms with Gasteiger partial charge in [0.05, 0.1) is 10.9 Å². The van der Waals surface area contributed by atoms with Crippen LogP contribution >= 0.6 is 11.3 Å². The Morgan fingerprint density at radius 2 is 2.33 bits per heavy atom. The van der Waals surface area contributed by atoms with Crippen molar-refractivity contribution >= 4 is 17.1 Å². The quantitative estimate of drug-likeness (QED) is 0.789. The Balaban J connectivity index is 2.29. The number of nitrogens with zero attached hydrogens (tertiary/aromatic N) is 2. The second-order valence-electron chi connectivity index (χ2n) is 3.83. The monoisotopic (exact) mass is 256 g/mol. The SMILES string of the molecule is CCc1ccc(C(=O)C(C#N)c2cccnc2)s1. The summed E-state index contributed by atoms with van der Waals surface area (Å²) in [5, 5.41) is 9.18. The second-order valence-corrected chi connectivity index (χ2v) is 5.00. The van der Waals surface area contributed by atoms with E-state index in [1.165, 1.54) is 11.3 Å². The van der Waals surface area contributed by atoms with Gasteiger partial charge in [0, 0.05) is 17.3 Å². The fraction of sp³-hybridized carbons (Fsp3) is 0.214. The van der Waals surface area contributed by atoms with Crippen molar-refractivity contribution in [1.82, 2.24) is 4.98 Å². The number of pyridine rings is 1. The molecule has 2 aromatic heterocycles. The molecule has 18 heavy (non-hydrogen) atoms. The van der Waals surface area contributed by atoms with Gasteiger partial charge in [0.1, 0.15) is 5.92 Å². The highest BCUT2D eigenvalue weighted by molar-refractivity contribution is 7.14.